The van der Waals surface area contributed by atoms with Crippen molar-refractivity contribution in [3.63, 3.8) is 0 Å². The molecule has 7 aromatic carbocycles. The van der Waals surface area contributed by atoms with Gasteiger partial charge in [-0.2, -0.15) is 0 Å². The van der Waals surface area contributed by atoms with Crippen LogP contribution in [-0.2, 0) is 4.79 Å². The van der Waals surface area contributed by atoms with Crippen molar-refractivity contribution in [3.05, 3.63) is 204 Å². The van der Waals surface area contributed by atoms with Gasteiger partial charge in [0.1, 0.15) is 0 Å². The van der Waals surface area contributed by atoms with Gasteiger partial charge in [-0.1, -0.05) is 189 Å². The van der Waals surface area contributed by atoms with Crippen LogP contribution in [0.15, 0.2) is 170 Å². The van der Waals surface area contributed by atoms with E-state index in [0.29, 0.717) is 24.8 Å². The van der Waals surface area contributed by atoms with Crippen molar-refractivity contribution in [2.24, 2.45) is 0 Å². The summed E-state index contributed by atoms with van der Waals surface area (Å²) in [5, 5.41) is 0. The standard InChI is InChI=1S/C58H60N3O/c1-39(2)51-21-15-22-52(40(3)4)56(51)59-38-37-55(62)61(57-53(41(5)6)23-16-24-54(57)42(7)8)58(59)47-29-35-50(36-30-47)60(48-31-25-45(26-32-48)43-17-11-9-12-18-43)49-33-27-46(28-34-49)44-19-13-10-14-20-44/h9-36,39-42H,37-38H2,1-8H3. The van der Waals surface area contributed by atoms with E-state index in [4.69, 9.17) is 0 Å². The average molecular weight is 815 g/mol. The fourth-order valence-corrected chi connectivity index (χ4v) is 9.06. The first-order valence-electron chi connectivity index (χ1n) is 22.5. The third kappa shape index (κ3) is 8.44. The summed E-state index contributed by atoms with van der Waals surface area (Å²) >= 11 is 0. The molecule has 4 nitrogen and oxygen atoms in total. The number of carbonyl (C=O) groups is 1. The molecule has 313 valence electrons. The number of amides is 1. The molecule has 1 amide bonds. The number of hydrogen-bond acceptors (Lipinski definition) is 3. The summed E-state index contributed by atoms with van der Waals surface area (Å²) in [5.41, 5.74) is 16.1. The van der Waals surface area contributed by atoms with E-state index in [2.05, 4.69) is 240 Å². The van der Waals surface area contributed by atoms with E-state index in [1.165, 1.54) is 50.2 Å². The highest BCUT2D eigenvalue weighted by atomic mass is 16.2. The van der Waals surface area contributed by atoms with Crippen LogP contribution in [-0.4, -0.2) is 12.5 Å². The summed E-state index contributed by atoms with van der Waals surface area (Å²) in [6.45, 7) is 18.7. The van der Waals surface area contributed by atoms with Gasteiger partial charge in [-0.25, -0.2) is 0 Å². The molecule has 0 aromatic heterocycles. The van der Waals surface area contributed by atoms with Crippen molar-refractivity contribution in [1.29, 1.82) is 0 Å². The molecule has 1 radical (unpaired) electrons. The van der Waals surface area contributed by atoms with E-state index < -0.39 is 0 Å². The topological polar surface area (TPSA) is 26.8 Å². The van der Waals surface area contributed by atoms with Gasteiger partial charge in [0.05, 0.1) is 5.69 Å². The van der Waals surface area contributed by atoms with Gasteiger partial charge in [0.2, 0.25) is 5.91 Å². The molecule has 0 saturated carbocycles. The molecule has 1 saturated heterocycles. The zero-order valence-corrected chi connectivity index (χ0v) is 37.6. The second-order valence-electron chi connectivity index (χ2n) is 17.9. The molecular formula is C58H60N3O. The molecule has 62 heavy (non-hydrogen) atoms. The molecule has 0 N–H and O–H groups in total. The second kappa shape index (κ2) is 18.3. The van der Waals surface area contributed by atoms with Gasteiger partial charge in [0, 0.05) is 41.3 Å². The normalized spacial score (nSPS) is 13.5. The fraction of sp³-hybridized carbons (Fsp3) is 0.241. The third-order valence-corrected chi connectivity index (χ3v) is 12.3. The molecule has 0 atom stereocenters. The molecule has 0 aliphatic carbocycles. The van der Waals surface area contributed by atoms with E-state index in [1.54, 1.807) is 0 Å². The predicted octanol–water partition coefficient (Wildman–Crippen LogP) is 15.8. The van der Waals surface area contributed by atoms with E-state index in [9.17, 15) is 4.79 Å². The van der Waals surface area contributed by atoms with Crippen molar-refractivity contribution in [3.8, 4) is 22.3 Å². The number of rotatable bonds is 12. The van der Waals surface area contributed by atoms with Crippen LogP contribution >= 0.6 is 0 Å². The van der Waals surface area contributed by atoms with Crippen molar-refractivity contribution in [1.82, 2.24) is 0 Å². The van der Waals surface area contributed by atoms with Gasteiger partial charge in [-0.3, -0.25) is 9.69 Å². The lowest BCUT2D eigenvalue weighted by molar-refractivity contribution is -0.118. The van der Waals surface area contributed by atoms with E-state index in [0.717, 1.165) is 34.5 Å². The van der Waals surface area contributed by atoms with Crippen molar-refractivity contribution < 1.29 is 4.79 Å². The van der Waals surface area contributed by atoms with Crippen LogP contribution in [0.5, 0.6) is 0 Å². The molecule has 0 bridgehead atoms. The average Bonchev–Trinajstić information content (AvgIpc) is 3.29. The second-order valence-corrected chi connectivity index (χ2v) is 17.9. The van der Waals surface area contributed by atoms with Crippen molar-refractivity contribution in [2.45, 2.75) is 85.5 Å². The quantitative estimate of drug-likeness (QED) is 0.123. The lowest BCUT2D eigenvalue weighted by Crippen LogP contribution is -2.53. The summed E-state index contributed by atoms with van der Waals surface area (Å²) in [7, 11) is 0. The van der Waals surface area contributed by atoms with E-state index in [1.807, 2.05) is 0 Å². The monoisotopic (exact) mass is 814 g/mol. The lowest BCUT2D eigenvalue weighted by Gasteiger charge is -2.47. The molecule has 0 spiro atoms. The first-order chi connectivity index (χ1) is 30.0. The van der Waals surface area contributed by atoms with Crippen LogP contribution in [0.1, 0.15) is 113 Å². The lowest BCUT2D eigenvalue weighted by atomic mass is 9.88. The van der Waals surface area contributed by atoms with Crippen LogP contribution in [0.25, 0.3) is 22.3 Å². The molecule has 8 rings (SSSR count). The maximum Gasteiger partial charge on any atom is 0.231 e. The Morgan fingerprint density at radius 3 is 1.10 bits per heavy atom. The minimum Gasteiger partial charge on any atom is -0.340 e. The van der Waals surface area contributed by atoms with Gasteiger partial charge in [0.25, 0.3) is 0 Å². The van der Waals surface area contributed by atoms with Crippen molar-refractivity contribution >= 4 is 34.3 Å². The molecule has 0 unspecified atom stereocenters. The molecule has 1 aliphatic heterocycles. The number of hydrogen-bond donors (Lipinski definition) is 0. The van der Waals surface area contributed by atoms with Crippen LogP contribution in [0.3, 0.4) is 0 Å². The number of para-hydroxylation sites is 2. The zero-order chi connectivity index (χ0) is 43.5. The van der Waals surface area contributed by atoms with Crippen LogP contribution in [0, 0.1) is 6.17 Å². The summed E-state index contributed by atoms with van der Waals surface area (Å²) in [6.07, 6.45) is 1.34. The molecular weight excluding hydrogens is 755 g/mol. The predicted molar refractivity (Wildman–Crippen MR) is 263 cm³/mol. The smallest absolute Gasteiger partial charge is 0.231 e. The molecule has 1 fully saturated rings. The van der Waals surface area contributed by atoms with Gasteiger partial charge in [-0.05, 0) is 105 Å². The maximum absolute atomic E-state index is 14.8. The number of anilines is 5. The minimum atomic E-state index is 0.127. The van der Waals surface area contributed by atoms with Gasteiger partial charge in [-0.15, -0.1) is 0 Å². The summed E-state index contributed by atoms with van der Waals surface area (Å²) in [6, 6.07) is 61.0. The first kappa shape index (κ1) is 42.3. The van der Waals surface area contributed by atoms with Crippen LogP contribution in [0.2, 0.25) is 0 Å². The molecule has 4 heteroatoms. The Bertz CT molecular complexity index is 2460. The Labute approximate surface area is 370 Å². The summed E-state index contributed by atoms with van der Waals surface area (Å²) in [5.74, 6) is 1.16. The zero-order valence-electron chi connectivity index (χ0n) is 37.6. The Morgan fingerprint density at radius 1 is 0.387 bits per heavy atom. The highest BCUT2D eigenvalue weighted by Gasteiger charge is 2.42. The van der Waals surface area contributed by atoms with Gasteiger partial charge in [0.15, 0.2) is 6.17 Å². The molecule has 7 aromatic rings. The molecule has 1 aliphatic rings. The van der Waals surface area contributed by atoms with Gasteiger partial charge >= 0.3 is 0 Å². The highest BCUT2D eigenvalue weighted by Crippen LogP contribution is 2.47. The third-order valence-electron chi connectivity index (χ3n) is 12.3. The Balaban J connectivity index is 1.30. The summed E-state index contributed by atoms with van der Waals surface area (Å²) in [4.78, 5) is 21.7. The number of carbonyl (C=O) groups excluding carboxylic acids is 1. The van der Waals surface area contributed by atoms with Crippen molar-refractivity contribution in [2.75, 3.05) is 21.2 Å². The molecule has 1 heterocycles. The highest BCUT2D eigenvalue weighted by molar-refractivity contribution is 6.01. The summed E-state index contributed by atoms with van der Waals surface area (Å²) < 4.78 is 0. The Morgan fingerprint density at radius 2 is 0.726 bits per heavy atom. The minimum absolute atomic E-state index is 0.127. The number of benzene rings is 7. The Kier molecular flexibility index (Phi) is 12.5. The number of nitrogens with zero attached hydrogens (tertiary/aromatic N) is 3. The largest absolute Gasteiger partial charge is 0.340 e. The SMILES string of the molecule is CC(C)c1cccc(C(C)C)c1N1CCC(=O)N(c2c(C(C)C)cccc2C(C)C)[C]1c1ccc(N(c2ccc(-c3ccccc3)cc2)c2ccc(-c3ccccc3)cc2)cc1. The van der Waals surface area contributed by atoms with Crippen LogP contribution < -0.4 is 14.7 Å². The van der Waals surface area contributed by atoms with Crippen LogP contribution in [0.4, 0.5) is 28.4 Å². The van der Waals surface area contributed by atoms with E-state index in [-0.39, 0.29) is 17.7 Å². The maximum atomic E-state index is 14.8. The van der Waals surface area contributed by atoms with E-state index >= 15 is 0 Å². The fourth-order valence-electron chi connectivity index (χ4n) is 9.06. The first-order valence-corrected chi connectivity index (χ1v) is 22.5. The Hall–Kier alpha value is -6.39. The van der Waals surface area contributed by atoms with Gasteiger partial charge < -0.3 is 9.80 Å².